The summed E-state index contributed by atoms with van der Waals surface area (Å²) in [5, 5.41) is 0.655. The molecule has 0 unspecified atom stereocenters. The van der Waals surface area contributed by atoms with Crippen molar-refractivity contribution in [2.45, 2.75) is 33.1 Å². The lowest BCUT2D eigenvalue weighted by Gasteiger charge is -2.25. The standard InChI is InChI=1S/C20H23Cl2N3O2S/c1-3-24(4-2)11-8-13-16(21)19(27)15(17(22)18(13)26)14-12-23-20(28-14)25-9-6-5-7-10-25/h8,11-12H,3-7,9-10H2,1-2H3/b11-8+. The average Bonchev–Trinajstić information content (AvgIpc) is 3.20. The first-order valence-electron chi connectivity index (χ1n) is 9.50. The third kappa shape index (κ3) is 4.19. The molecule has 28 heavy (non-hydrogen) atoms. The van der Waals surface area contributed by atoms with Crippen molar-refractivity contribution in [1.82, 2.24) is 9.88 Å². The molecule has 0 radical (unpaired) electrons. The van der Waals surface area contributed by atoms with Gasteiger partial charge in [-0.15, -0.1) is 0 Å². The lowest BCUT2D eigenvalue weighted by molar-refractivity contribution is -0.114. The van der Waals surface area contributed by atoms with Gasteiger partial charge in [0.05, 0.1) is 15.5 Å². The summed E-state index contributed by atoms with van der Waals surface area (Å²) in [6.45, 7) is 7.49. The van der Waals surface area contributed by atoms with Gasteiger partial charge in [-0.2, -0.15) is 0 Å². The number of ketones is 2. The summed E-state index contributed by atoms with van der Waals surface area (Å²) in [5.41, 5.74) is 0.283. The number of allylic oxidation sites excluding steroid dienone is 5. The van der Waals surface area contributed by atoms with E-state index < -0.39 is 11.6 Å². The highest BCUT2D eigenvalue weighted by Crippen LogP contribution is 2.39. The SMILES string of the molecule is CCN(/C=C/C1=C(Cl)C(=O)C(c2cnc(N3CCCCC3)s2)=C(Cl)C1=O)CC. The number of nitrogens with zero attached hydrogens (tertiary/aromatic N) is 3. The molecule has 2 aliphatic rings. The molecule has 8 heteroatoms. The quantitative estimate of drug-likeness (QED) is 0.606. The lowest BCUT2D eigenvalue weighted by Crippen LogP contribution is -2.29. The maximum absolute atomic E-state index is 12.9. The molecule has 1 aliphatic heterocycles. The number of piperidine rings is 1. The number of thiazole rings is 1. The normalized spacial score (nSPS) is 18.6. The van der Waals surface area contributed by atoms with Crippen molar-refractivity contribution in [1.29, 1.82) is 0 Å². The van der Waals surface area contributed by atoms with E-state index in [0.29, 0.717) is 4.88 Å². The molecule has 5 nitrogen and oxygen atoms in total. The highest BCUT2D eigenvalue weighted by Gasteiger charge is 2.34. The van der Waals surface area contributed by atoms with E-state index in [1.807, 2.05) is 18.7 Å². The Hall–Kier alpha value is -1.63. The number of hydrogen-bond donors (Lipinski definition) is 0. The molecule has 0 N–H and O–H groups in total. The van der Waals surface area contributed by atoms with E-state index in [0.717, 1.165) is 44.2 Å². The topological polar surface area (TPSA) is 53.5 Å². The summed E-state index contributed by atoms with van der Waals surface area (Å²) in [7, 11) is 0. The Balaban J connectivity index is 1.89. The van der Waals surface area contributed by atoms with Gasteiger partial charge in [-0.25, -0.2) is 4.98 Å². The van der Waals surface area contributed by atoms with Crippen LogP contribution >= 0.6 is 34.5 Å². The van der Waals surface area contributed by atoms with Crippen LogP contribution in [0.5, 0.6) is 0 Å². The van der Waals surface area contributed by atoms with Crippen molar-refractivity contribution < 1.29 is 9.59 Å². The van der Waals surface area contributed by atoms with Crippen LogP contribution in [0.25, 0.3) is 5.57 Å². The molecule has 0 spiro atoms. The second-order valence-corrected chi connectivity index (χ2v) is 8.43. The van der Waals surface area contributed by atoms with Crippen LogP contribution in [0.3, 0.4) is 0 Å². The van der Waals surface area contributed by atoms with E-state index in [1.165, 1.54) is 17.8 Å². The summed E-state index contributed by atoms with van der Waals surface area (Å²) in [6.07, 6.45) is 8.43. The smallest absolute Gasteiger partial charge is 0.208 e. The van der Waals surface area contributed by atoms with Crippen LogP contribution < -0.4 is 4.90 Å². The van der Waals surface area contributed by atoms with E-state index in [-0.39, 0.29) is 21.2 Å². The largest absolute Gasteiger partial charge is 0.378 e. The fraction of sp³-hybridized carbons (Fsp3) is 0.450. The molecule has 1 aliphatic carbocycles. The number of carbonyl (C=O) groups excluding carboxylic acids is 2. The summed E-state index contributed by atoms with van der Waals surface area (Å²) >= 11 is 14.0. The Labute approximate surface area is 179 Å². The molecule has 2 heterocycles. The second kappa shape index (κ2) is 9.25. The van der Waals surface area contributed by atoms with Crippen LogP contribution in [0.15, 0.2) is 34.1 Å². The van der Waals surface area contributed by atoms with Crippen molar-refractivity contribution >= 4 is 56.8 Å². The molecule has 0 saturated carbocycles. The first kappa shape index (κ1) is 21.1. The predicted molar refractivity (Wildman–Crippen MR) is 116 cm³/mol. The number of aromatic nitrogens is 1. The number of anilines is 1. The molecule has 1 aromatic rings. The Morgan fingerprint density at radius 3 is 2.43 bits per heavy atom. The molecule has 0 aromatic carbocycles. The zero-order valence-corrected chi connectivity index (χ0v) is 18.3. The van der Waals surface area contributed by atoms with Crippen molar-refractivity contribution in [3.8, 4) is 0 Å². The Morgan fingerprint density at radius 2 is 1.79 bits per heavy atom. The Morgan fingerprint density at radius 1 is 1.11 bits per heavy atom. The molecular weight excluding hydrogens is 417 g/mol. The monoisotopic (exact) mass is 439 g/mol. The maximum atomic E-state index is 12.9. The van der Waals surface area contributed by atoms with E-state index in [1.54, 1.807) is 18.5 Å². The molecular formula is C20H23Cl2N3O2S. The van der Waals surface area contributed by atoms with E-state index in [9.17, 15) is 9.59 Å². The van der Waals surface area contributed by atoms with E-state index in [4.69, 9.17) is 23.2 Å². The third-order valence-electron chi connectivity index (χ3n) is 4.96. The molecule has 0 bridgehead atoms. The number of carbonyl (C=O) groups is 2. The fourth-order valence-electron chi connectivity index (χ4n) is 3.26. The molecule has 3 rings (SSSR count). The Bertz CT molecular complexity index is 863. The van der Waals surface area contributed by atoms with Crippen LogP contribution in [-0.2, 0) is 9.59 Å². The third-order valence-corrected chi connectivity index (χ3v) is 6.77. The van der Waals surface area contributed by atoms with Gasteiger partial charge >= 0.3 is 0 Å². The van der Waals surface area contributed by atoms with Gasteiger partial charge in [-0.05, 0) is 45.4 Å². The van der Waals surface area contributed by atoms with Gasteiger partial charge < -0.3 is 9.80 Å². The molecule has 0 atom stereocenters. The van der Waals surface area contributed by atoms with E-state index in [2.05, 4.69) is 9.88 Å². The van der Waals surface area contributed by atoms with Gasteiger partial charge in [-0.3, -0.25) is 9.59 Å². The van der Waals surface area contributed by atoms with Crippen molar-refractivity contribution in [3.63, 3.8) is 0 Å². The minimum absolute atomic E-state index is 0.0950. The van der Waals surface area contributed by atoms with Gasteiger partial charge in [0, 0.05) is 37.9 Å². The number of Topliss-reactive ketones (excluding diaryl/α,β-unsaturated/α-hetero) is 2. The fourth-order valence-corrected chi connectivity index (χ4v) is 4.86. The molecule has 0 amide bonds. The predicted octanol–water partition coefficient (Wildman–Crippen LogP) is 4.58. The minimum Gasteiger partial charge on any atom is -0.378 e. The van der Waals surface area contributed by atoms with Gasteiger partial charge in [0.15, 0.2) is 5.13 Å². The highest BCUT2D eigenvalue weighted by atomic mass is 35.5. The van der Waals surface area contributed by atoms with Crippen LogP contribution in [-0.4, -0.2) is 47.6 Å². The van der Waals surface area contributed by atoms with Crippen LogP contribution in [0.4, 0.5) is 5.13 Å². The van der Waals surface area contributed by atoms with Gasteiger partial charge in [0.1, 0.15) is 5.03 Å². The van der Waals surface area contributed by atoms with Crippen LogP contribution in [0.1, 0.15) is 38.0 Å². The van der Waals surface area contributed by atoms with E-state index >= 15 is 0 Å². The molecule has 1 saturated heterocycles. The molecule has 1 aromatic heterocycles. The van der Waals surface area contributed by atoms with Crippen molar-refractivity contribution in [2.75, 3.05) is 31.1 Å². The summed E-state index contributed by atoms with van der Waals surface area (Å²) < 4.78 is 0. The maximum Gasteiger partial charge on any atom is 0.208 e. The number of halogens is 2. The first-order valence-corrected chi connectivity index (χ1v) is 11.1. The summed E-state index contributed by atoms with van der Waals surface area (Å²) in [6, 6.07) is 0. The summed E-state index contributed by atoms with van der Waals surface area (Å²) in [5.74, 6) is -0.864. The van der Waals surface area contributed by atoms with Crippen LogP contribution in [0.2, 0.25) is 0 Å². The molecule has 1 fully saturated rings. The molecule has 150 valence electrons. The number of hydrogen-bond acceptors (Lipinski definition) is 6. The Kier molecular flexibility index (Phi) is 6.96. The number of rotatable bonds is 6. The van der Waals surface area contributed by atoms with Crippen LogP contribution in [0, 0.1) is 0 Å². The highest BCUT2D eigenvalue weighted by molar-refractivity contribution is 7.17. The van der Waals surface area contributed by atoms with Gasteiger partial charge in [0.2, 0.25) is 11.6 Å². The average molecular weight is 440 g/mol. The van der Waals surface area contributed by atoms with Crippen molar-refractivity contribution in [2.24, 2.45) is 0 Å². The van der Waals surface area contributed by atoms with Gasteiger partial charge in [0.25, 0.3) is 0 Å². The first-order chi connectivity index (χ1) is 13.5. The van der Waals surface area contributed by atoms with Gasteiger partial charge in [-0.1, -0.05) is 34.5 Å². The minimum atomic E-state index is -0.433. The van der Waals surface area contributed by atoms with Crippen molar-refractivity contribution in [3.05, 3.63) is 39.0 Å². The lowest BCUT2D eigenvalue weighted by atomic mass is 9.95. The zero-order valence-electron chi connectivity index (χ0n) is 16.0. The summed E-state index contributed by atoms with van der Waals surface area (Å²) in [4.78, 5) is 34.9. The second-order valence-electron chi connectivity index (χ2n) is 6.67. The zero-order chi connectivity index (χ0) is 20.3.